The summed E-state index contributed by atoms with van der Waals surface area (Å²) in [6, 6.07) is 3.26. The van der Waals surface area contributed by atoms with Crippen molar-refractivity contribution in [1.82, 2.24) is 10.0 Å². The van der Waals surface area contributed by atoms with E-state index in [1.807, 2.05) is 23.8 Å². The fraction of sp³-hybridized carbons (Fsp3) is 0.357. The Labute approximate surface area is 133 Å². The third kappa shape index (κ3) is 3.57. The van der Waals surface area contributed by atoms with Gasteiger partial charge >= 0.3 is 0 Å². The second-order valence-electron chi connectivity index (χ2n) is 4.91. The Morgan fingerprint density at radius 1 is 1.45 bits per heavy atom. The van der Waals surface area contributed by atoms with Gasteiger partial charge in [0.25, 0.3) is 15.9 Å². The van der Waals surface area contributed by atoms with E-state index in [1.54, 1.807) is 18.3 Å². The lowest BCUT2D eigenvalue weighted by atomic mass is 10.1. The molecule has 0 aliphatic rings. The summed E-state index contributed by atoms with van der Waals surface area (Å²) >= 11 is 1.61. The molecule has 0 aliphatic heterocycles. The first-order valence-corrected chi connectivity index (χ1v) is 9.12. The normalized spacial score (nSPS) is 13.0. The van der Waals surface area contributed by atoms with Crippen LogP contribution in [0.15, 0.2) is 32.4 Å². The number of furan rings is 1. The zero-order valence-electron chi connectivity index (χ0n) is 12.5. The molecule has 0 aromatic carbocycles. The van der Waals surface area contributed by atoms with E-state index in [9.17, 15) is 13.2 Å². The van der Waals surface area contributed by atoms with Crippen molar-refractivity contribution < 1.29 is 17.6 Å². The van der Waals surface area contributed by atoms with E-state index in [0.717, 1.165) is 5.56 Å². The lowest BCUT2D eigenvalue weighted by molar-refractivity contribution is 0.0950. The molecule has 2 N–H and O–H groups in total. The minimum atomic E-state index is -3.70. The van der Waals surface area contributed by atoms with Gasteiger partial charge in [-0.3, -0.25) is 4.79 Å². The van der Waals surface area contributed by atoms with Crippen LogP contribution in [0.1, 0.15) is 34.5 Å². The number of amides is 1. The van der Waals surface area contributed by atoms with Crippen molar-refractivity contribution in [3.05, 3.63) is 39.8 Å². The van der Waals surface area contributed by atoms with Crippen LogP contribution in [0, 0.1) is 6.92 Å². The summed E-state index contributed by atoms with van der Waals surface area (Å²) in [7, 11) is -2.41. The molecule has 0 bridgehead atoms. The van der Waals surface area contributed by atoms with Crippen LogP contribution < -0.4 is 10.0 Å². The number of carbonyl (C=O) groups excluding carboxylic acids is 1. The average molecular weight is 342 g/mol. The first-order chi connectivity index (χ1) is 10.3. The van der Waals surface area contributed by atoms with Crippen molar-refractivity contribution >= 4 is 27.3 Å². The highest BCUT2D eigenvalue weighted by Crippen LogP contribution is 2.20. The second-order valence-corrected chi connectivity index (χ2v) is 7.51. The molecule has 0 fully saturated rings. The van der Waals surface area contributed by atoms with Gasteiger partial charge in [0, 0.05) is 12.6 Å². The Morgan fingerprint density at radius 2 is 2.18 bits per heavy atom. The number of aryl methyl sites for hydroxylation is 1. The molecule has 2 aromatic rings. The first kappa shape index (κ1) is 16.7. The number of thiophene rings is 1. The lowest BCUT2D eigenvalue weighted by Gasteiger charge is -2.10. The third-order valence-electron chi connectivity index (χ3n) is 3.35. The largest absolute Gasteiger partial charge is 0.448 e. The molecule has 0 spiro atoms. The molecule has 1 amide bonds. The molecule has 0 saturated heterocycles. The molecular weight excluding hydrogens is 324 g/mol. The van der Waals surface area contributed by atoms with Crippen LogP contribution in [0.5, 0.6) is 0 Å². The highest BCUT2D eigenvalue weighted by molar-refractivity contribution is 7.89. The summed E-state index contributed by atoms with van der Waals surface area (Å²) in [6.45, 7) is 4.04. The fourth-order valence-corrected chi connectivity index (χ4v) is 3.42. The van der Waals surface area contributed by atoms with Gasteiger partial charge in [-0.25, -0.2) is 13.1 Å². The molecule has 22 heavy (non-hydrogen) atoms. The van der Waals surface area contributed by atoms with Crippen LogP contribution in [0.25, 0.3) is 0 Å². The topological polar surface area (TPSA) is 88.4 Å². The van der Waals surface area contributed by atoms with Crippen LogP contribution in [0.3, 0.4) is 0 Å². The Bertz CT molecular complexity index is 748. The van der Waals surface area contributed by atoms with Gasteiger partial charge in [0.05, 0.1) is 5.56 Å². The minimum absolute atomic E-state index is 0.183. The molecule has 0 aliphatic carbocycles. The molecule has 1 atom stereocenters. The predicted octanol–water partition coefficient (Wildman–Crippen LogP) is 2.09. The summed E-state index contributed by atoms with van der Waals surface area (Å²) in [5.41, 5.74) is 1.39. The molecule has 2 aromatic heterocycles. The van der Waals surface area contributed by atoms with Gasteiger partial charge in [0.1, 0.15) is 5.76 Å². The van der Waals surface area contributed by atoms with E-state index in [-0.39, 0.29) is 28.2 Å². The van der Waals surface area contributed by atoms with Crippen molar-refractivity contribution in [2.75, 3.05) is 13.6 Å². The molecule has 8 heteroatoms. The zero-order chi connectivity index (χ0) is 16.3. The summed E-state index contributed by atoms with van der Waals surface area (Å²) < 4.78 is 30.7. The Balaban J connectivity index is 2.07. The Hall–Kier alpha value is -1.64. The van der Waals surface area contributed by atoms with Gasteiger partial charge in [-0.1, -0.05) is 6.92 Å². The number of sulfonamides is 1. The standard InChI is InChI=1S/C14H18N2O4S2/c1-9(11-4-5-21-8-11)7-16-14(17)12-6-13(20-10(12)2)22(18,19)15-3/h4-6,8-9,15H,7H2,1-3H3,(H,16,17)/t9-/m1/s1. The predicted molar refractivity (Wildman–Crippen MR) is 84.8 cm³/mol. The Kier molecular flexibility index (Phi) is 5.05. The Morgan fingerprint density at radius 3 is 2.77 bits per heavy atom. The van der Waals surface area contributed by atoms with Crippen molar-refractivity contribution in [1.29, 1.82) is 0 Å². The highest BCUT2D eigenvalue weighted by atomic mass is 32.2. The van der Waals surface area contributed by atoms with Crippen molar-refractivity contribution in [3.63, 3.8) is 0 Å². The summed E-state index contributed by atoms with van der Waals surface area (Å²) in [6.07, 6.45) is 0. The SMILES string of the molecule is CNS(=O)(=O)c1cc(C(=O)NC[C@@H](C)c2ccsc2)c(C)o1. The van der Waals surface area contributed by atoms with E-state index in [0.29, 0.717) is 6.54 Å². The van der Waals surface area contributed by atoms with Crippen LogP contribution in [0.4, 0.5) is 0 Å². The van der Waals surface area contributed by atoms with Gasteiger partial charge in [-0.05, 0) is 42.3 Å². The van der Waals surface area contributed by atoms with Crippen molar-refractivity contribution in [2.45, 2.75) is 24.9 Å². The summed E-state index contributed by atoms with van der Waals surface area (Å²) in [5.74, 6) is 0.110. The number of rotatable bonds is 6. The smallest absolute Gasteiger partial charge is 0.273 e. The van der Waals surface area contributed by atoms with E-state index in [2.05, 4.69) is 10.0 Å². The molecule has 120 valence electrons. The third-order valence-corrected chi connectivity index (χ3v) is 5.32. The average Bonchev–Trinajstić information content (AvgIpc) is 3.14. The molecule has 2 heterocycles. The van der Waals surface area contributed by atoms with Gasteiger partial charge in [0.2, 0.25) is 5.09 Å². The molecular formula is C14H18N2O4S2. The fourth-order valence-electron chi connectivity index (χ4n) is 1.93. The summed E-state index contributed by atoms with van der Waals surface area (Å²) in [4.78, 5) is 12.2. The van der Waals surface area contributed by atoms with E-state index >= 15 is 0 Å². The second kappa shape index (κ2) is 6.64. The molecule has 2 rings (SSSR count). The maximum atomic E-state index is 12.2. The lowest BCUT2D eigenvalue weighted by Crippen LogP contribution is -2.27. The monoisotopic (exact) mass is 342 g/mol. The summed E-state index contributed by atoms with van der Waals surface area (Å²) in [5, 5.41) is 6.57. The molecule has 0 saturated carbocycles. The van der Waals surface area contributed by atoms with Gasteiger partial charge in [-0.2, -0.15) is 11.3 Å². The van der Waals surface area contributed by atoms with Crippen LogP contribution in [-0.2, 0) is 10.0 Å². The highest BCUT2D eigenvalue weighted by Gasteiger charge is 2.22. The van der Waals surface area contributed by atoms with Gasteiger partial charge in [0.15, 0.2) is 0 Å². The van der Waals surface area contributed by atoms with Crippen molar-refractivity contribution in [2.24, 2.45) is 0 Å². The van der Waals surface area contributed by atoms with Crippen LogP contribution in [0.2, 0.25) is 0 Å². The minimum Gasteiger partial charge on any atom is -0.448 e. The molecule has 0 radical (unpaired) electrons. The van der Waals surface area contributed by atoms with Crippen LogP contribution >= 0.6 is 11.3 Å². The van der Waals surface area contributed by atoms with Gasteiger partial charge in [-0.15, -0.1) is 0 Å². The van der Waals surface area contributed by atoms with Crippen LogP contribution in [-0.4, -0.2) is 27.9 Å². The number of hydrogen-bond acceptors (Lipinski definition) is 5. The van der Waals surface area contributed by atoms with E-state index in [4.69, 9.17) is 4.42 Å². The maximum absolute atomic E-state index is 12.2. The van der Waals surface area contributed by atoms with Crippen molar-refractivity contribution in [3.8, 4) is 0 Å². The van der Waals surface area contributed by atoms with E-state index in [1.165, 1.54) is 13.1 Å². The zero-order valence-corrected chi connectivity index (χ0v) is 14.2. The number of hydrogen-bond donors (Lipinski definition) is 2. The molecule has 6 nitrogen and oxygen atoms in total. The number of nitrogens with one attached hydrogen (secondary N) is 2. The first-order valence-electron chi connectivity index (χ1n) is 6.69. The van der Waals surface area contributed by atoms with E-state index < -0.39 is 10.0 Å². The van der Waals surface area contributed by atoms with Gasteiger partial charge < -0.3 is 9.73 Å². The molecule has 0 unspecified atom stereocenters. The quantitative estimate of drug-likeness (QED) is 0.841. The number of carbonyl (C=O) groups is 1. The maximum Gasteiger partial charge on any atom is 0.273 e.